The summed E-state index contributed by atoms with van der Waals surface area (Å²) in [6.07, 6.45) is -3.36. The standard InChI is InChI=1S/C22H21F4N3O2/c23-16-5-7-17(8-6-16)31-14-20(30)28-11-9-15(10-12-28)13-29-19-4-2-1-3-18(19)27-21(29)22(24,25)26/h1-8,15H,9-14H2. The highest BCUT2D eigenvalue weighted by molar-refractivity contribution is 5.78. The van der Waals surface area contributed by atoms with Crippen molar-refractivity contribution in [3.63, 3.8) is 0 Å². The summed E-state index contributed by atoms with van der Waals surface area (Å²) in [5.41, 5.74) is 0.779. The number of alkyl halides is 3. The highest BCUT2D eigenvalue weighted by atomic mass is 19.4. The van der Waals surface area contributed by atoms with Gasteiger partial charge in [0.25, 0.3) is 5.91 Å². The van der Waals surface area contributed by atoms with E-state index in [0.717, 1.165) is 0 Å². The van der Waals surface area contributed by atoms with Crippen LogP contribution in [0.3, 0.4) is 0 Å². The summed E-state index contributed by atoms with van der Waals surface area (Å²) >= 11 is 0. The molecular weight excluding hydrogens is 414 g/mol. The lowest BCUT2D eigenvalue weighted by molar-refractivity contribution is -0.147. The molecule has 5 nitrogen and oxygen atoms in total. The minimum atomic E-state index is -4.53. The number of imidazole rings is 1. The molecule has 0 spiro atoms. The molecule has 0 radical (unpaired) electrons. The van der Waals surface area contributed by atoms with Gasteiger partial charge in [-0.1, -0.05) is 12.1 Å². The van der Waals surface area contributed by atoms with Gasteiger partial charge < -0.3 is 14.2 Å². The Balaban J connectivity index is 1.36. The number of nitrogens with zero attached hydrogens (tertiary/aromatic N) is 3. The fraction of sp³-hybridized carbons (Fsp3) is 0.364. The van der Waals surface area contributed by atoms with Crippen LogP contribution in [0.4, 0.5) is 17.6 Å². The van der Waals surface area contributed by atoms with E-state index in [-0.39, 0.29) is 30.8 Å². The van der Waals surface area contributed by atoms with Gasteiger partial charge in [0, 0.05) is 19.6 Å². The molecule has 1 aromatic heterocycles. The first-order valence-electron chi connectivity index (χ1n) is 10.00. The van der Waals surface area contributed by atoms with E-state index in [1.807, 2.05) is 0 Å². The van der Waals surface area contributed by atoms with Crippen molar-refractivity contribution in [2.45, 2.75) is 25.6 Å². The van der Waals surface area contributed by atoms with E-state index in [1.54, 1.807) is 29.2 Å². The SMILES string of the molecule is O=C(COc1ccc(F)cc1)N1CCC(Cn2c(C(F)(F)F)nc3ccccc32)CC1. The summed E-state index contributed by atoms with van der Waals surface area (Å²) in [6, 6.07) is 12.0. The highest BCUT2D eigenvalue weighted by Crippen LogP contribution is 2.33. The van der Waals surface area contributed by atoms with Gasteiger partial charge in [-0.3, -0.25) is 4.79 Å². The fourth-order valence-electron chi connectivity index (χ4n) is 3.87. The Kier molecular flexibility index (Phi) is 5.84. The van der Waals surface area contributed by atoms with Crippen molar-refractivity contribution in [2.75, 3.05) is 19.7 Å². The van der Waals surface area contributed by atoms with Crippen LogP contribution >= 0.6 is 0 Å². The monoisotopic (exact) mass is 435 g/mol. The largest absolute Gasteiger partial charge is 0.484 e. The summed E-state index contributed by atoms with van der Waals surface area (Å²) in [5, 5.41) is 0. The van der Waals surface area contributed by atoms with Crippen LogP contribution in [0.15, 0.2) is 48.5 Å². The molecule has 3 aromatic rings. The Bertz CT molecular complexity index is 1050. The number of benzene rings is 2. The number of para-hydroxylation sites is 2. The molecule has 1 aliphatic rings. The van der Waals surface area contributed by atoms with Crippen LogP contribution in [0.1, 0.15) is 18.7 Å². The number of carbonyl (C=O) groups excluding carboxylic acids is 1. The second-order valence-electron chi connectivity index (χ2n) is 7.60. The van der Waals surface area contributed by atoms with Crippen LogP contribution in [-0.4, -0.2) is 40.1 Å². The Morgan fingerprint density at radius 1 is 1.06 bits per heavy atom. The fourth-order valence-corrected chi connectivity index (χ4v) is 3.87. The second kappa shape index (κ2) is 8.56. The topological polar surface area (TPSA) is 47.4 Å². The number of piperidine rings is 1. The highest BCUT2D eigenvalue weighted by Gasteiger charge is 2.38. The Morgan fingerprint density at radius 3 is 2.42 bits per heavy atom. The number of likely N-dealkylation sites (tertiary alicyclic amines) is 1. The maximum atomic E-state index is 13.5. The van der Waals surface area contributed by atoms with Gasteiger partial charge in [0.05, 0.1) is 11.0 Å². The second-order valence-corrected chi connectivity index (χ2v) is 7.60. The van der Waals surface area contributed by atoms with Crippen molar-refractivity contribution in [3.05, 3.63) is 60.2 Å². The average Bonchev–Trinajstić information content (AvgIpc) is 3.13. The number of amides is 1. The predicted octanol–water partition coefficient (Wildman–Crippen LogP) is 4.51. The van der Waals surface area contributed by atoms with Crippen LogP contribution < -0.4 is 4.74 Å². The third-order valence-electron chi connectivity index (χ3n) is 5.49. The number of carbonyl (C=O) groups is 1. The van der Waals surface area contributed by atoms with Gasteiger partial charge in [0.2, 0.25) is 5.82 Å². The maximum Gasteiger partial charge on any atom is 0.449 e. The molecule has 1 amide bonds. The quantitative estimate of drug-likeness (QED) is 0.554. The molecule has 2 heterocycles. The molecule has 31 heavy (non-hydrogen) atoms. The third kappa shape index (κ3) is 4.81. The molecule has 0 bridgehead atoms. The molecule has 164 valence electrons. The number of rotatable bonds is 5. The molecular formula is C22H21F4N3O2. The van der Waals surface area contributed by atoms with Gasteiger partial charge in [-0.05, 0) is 55.2 Å². The van der Waals surface area contributed by atoms with E-state index >= 15 is 0 Å². The third-order valence-corrected chi connectivity index (χ3v) is 5.49. The lowest BCUT2D eigenvalue weighted by atomic mass is 9.96. The van der Waals surface area contributed by atoms with E-state index in [0.29, 0.717) is 42.7 Å². The van der Waals surface area contributed by atoms with Crippen LogP contribution in [0.5, 0.6) is 5.75 Å². The summed E-state index contributed by atoms with van der Waals surface area (Å²) < 4.78 is 60.0. The van der Waals surface area contributed by atoms with Gasteiger partial charge in [-0.25, -0.2) is 9.37 Å². The number of ether oxygens (including phenoxy) is 1. The van der Waals surface area contributed by atoms with E-state index in [2.05, 4.69) is 4.98 Å². The summed E-state index contributed by atoms with van der Waals surface area (Å²) in [5.74, 6) is -1.08. The minimum Gasteiger partial charge on any atom is -0.484 e. The zero-order valence-corrected chi connectivity index (χ0v) is 16.6. The van der Waals surface area contributed by atoms with E-state index < -0.39 is 12.0 Å². The molecule has 0 N–H and O–H groups in total. The summed E-state index contributed by atoms with van der Waals surface area (Å²) in [7, 11) is 0. The van der Waals surface area contributed by atoms with Crippen LogP contribution in [-0.2, 0) is 17.5 Å². The Hall–Kier alpha value is -3.10. The number of halogens is 4. The maximum absolute atomic E-state index is 13.5. The molecule has 9 heteroatoms. The Labute approximate surface area is 176 Å². The zero-order chi connectivity index (χ0) is 22.0. The molecule has 0 atom stereocenters. The lowest BCUT2D eigenvalue weighted by Gasteiger charge is -2.32. The molecule has 2 aromatic carbocycles. The van der Waals surface area contributed by atoms with Gasteiger partial charge >= 0.3 is 6.18 Å². The average molecular weight is 435 g/mol. The molecule has 1 fully saturated rings. The van der Waals surface area contributed by atoms with Crippen molar-refractivity contribution in [1.29, 1.82) is 0 Å². The van der Waals surface area contributed by atoms with Crippen molar-refractivity contribution >= 4 is 16.9 Å². The van der Waals surface area contributed by atoms with Gasteiger partial charge in [-0.2, -0.15) is 13.2 Å². The van der Waals surface area contributed by atoms with Gasteiger partial charge in [-0.15, -0.1) is 0 Å². The van der Waals surface area contributed by atoms with Crippen LogP contribution in [0.2, 0.25) is 0 Å². The van der Waals surface area contributed by atoms with E-state index in [9.17, 15) is 22.4 Å². The van der Waals surface area contributed by atoms with E-state index in [4.69, 9.17) is 4.74 Å². The molecule has 0 unspecified atom stereocenters. The van der Waals surface area contributed by atoms with Crippen LogP contribution in [0, 0.1) is 11.7 Å². The predicted molar refractivity (Wildman–Crippen MR) is 106 cm³/mol. The molecule has 1 aliphatic heterocycles. The van der Waals surface area contributed by atoms with Crippen LogP contribution in [0.25, 0.3) is 11.0 Å². The first-order chi connectivity index (χ1) is 14.8. The lowest BCUT2D eigenvalue weighted by Crippen LogP contribution is -2.41. The number of hydrogen-bond acceptors (Lipinski definition) is 3. The molecule has 1 saturated heterocycles. The van der Waals surface area contributed by atoms with Crippen molar-refractivity contribution < 1.29 is 27.1 Å². The zero-order valence-electron chi connectivity index (χ0n) is 16.6. The number of hydrogen-bond donors (Lipinski definition) is 0. The number of fused-ring (bicyclic) bond motifs is 1. The summed E-state index contributed by atoms with van der Waals surface area (Å²) in [4.78, 5) is 17.8. The smallest absolute Gasteiger partial charge is 0.449 e. The van der Waals surface area contributed by atoms with E-state index in [1.165, 1.54) is 28.8 Å². The minimum absolute atomic E-state index is 0.000716. The first-order valence-corrected chi connectivity index (χ1v) is 10.00. The van der Waals surface area contributed by atoms with Gasteiger partial charge in [0.15, 0.2) is 6.61 Å². The van der Waals surface area contributed by atoms with Gasteiger partial charge in [0.1, 0.15) is 11.6 Å². The number of aromatic nitrogens is 2. The molecule has 4 rings (SSSR count). The molecule has 0 aliphatic carbocycles. The first kappa shape index (κ1) is 21.1. The van der Waals surface area contributed by atoms with Crippen molar-refractivity contribution in [2.24, 2.45) is 5.92 Å². The Morgan fingerprint density at radius 2 is 1.74 bits per heavy atom. The normalized spacial score (nSPS) is 15.4. The summed E-state index contributed by atoms with van der Waals surface area (Å²) in [6.45, 7) is 0.929. The molecule has 0 saturated carbocycles. The van der Waals surface area contributed by atoms with Crippen molar-refractivity contribution in [3.8, 4) is 5.75 Å². The van der Waals surface area contributed by atoms with Crippen molar-refractivity contribution in [1.82, 2.24) is 14.5 Å².